The van der Waals surface area contributed by atoms with Crippen LogP contribution in [0.3, 0.4) is 0 Å². The van der Waals surface area contributed by atoms with Crippen molar-refractivity contribution in [1.82, 2.24) is 4.98 Å². The lowest BCUT2D eigenvalue weighted by atomic mass is 10.2. The summed E-state index contributed by atoms with van der Waals surface area (Å²) in [7, 11) is 0. The van der Waals surface area contributed by atoms with E-state index in [1.165, 1.54) is 12.3 Å². The molecule has 0 unspecified atom stereocenters. The third-order valence-corrected chi connectivity index (χ3v) is 2.16. The maximum Gasteiger partial charge on any atom is 0.335 e. The predicted molar refractivity (Wildman–Crippen MR) is 63.9 cm³/mol. The van der Waals surface area contributed by atoms with E-state index in [-0.39, 0.29) is 5.56 Å². The van der Waals surface area contributed by atoms with Gasteiger partial charge in [0.15, 0.2) is 0 Å². The minimum Gasteiger partial charge on any atom is -0.478 e. The maximum absolute atomic E-state index is 10.8. The second-order valence-corrected chi connectivity index (χ2v) is 3.68. The third kappa shape index (κ3) is 3.08. The number of anilines is 1. The Morgan fingerprint density at radius 1 is 1.62 bits per heavy atom. The summed E-state index contributed by atoms with van der Waals surface area (Å²) in [6.07, 6.45) is 1.51. The first-order valence-corrected chi connectivity index (χ1v) is 5.13. The molecule has 1 N–H and O–H groups in total. The molecule has 0 atom stereocenters. The summed E-state index contributed by atoms with van der Waals surface area (Å²) < 4.78 is 0. The molecule has 0 aliphatic heterocycles. The summed E-state index contributed by atoms with van der Waals surface area (Å²) in [5.74, 6) is -0.263. The van der Waals surface area contributed by atoms with Gasteiger partial charge >= 0.3 is 5.97 Å². The second-order valence-electron chi connectivity index (χ2n) is 3.68. The van der Waals surface area contributed by atoms with Crippen molar-refractivity contribution in [3.05, 3.63) is 36.0 Å². The molecule has 0 spiro atoms. The summed E-state index contributed by atoms with van der Waals surface area (Å²) in [5, 5.41) is 8.88. The van der Waals surface area contributed by atoms with Gasteiger partial charge in [-0.05, 0) is 26.0 Å². The maximum atomic E-state index is 10.8. The molecule has 4 heteroatoms. The van der Waals surface area contributed by atoms with E-state index in [2.05, 4.69) is 11.6 Å². The molecule has 0 aromatic carbocycles. The Labute approximate surface area is 95.2 Å². The van der Waals surface area contributed by atoms with Gasteiger partial charge in [-0.15, -0.1) is 0 Å². The summed E-state index contributed by atoms with van der Waals surface area (Å²) in [6.45, 7) is 9.23. The van der Waals surface area contributed by atoms with Crippen molar-refractivity contribution < 1.29 is 9.90 Å². The van der Waals surface area contributed by atoms with Crippen LogP contribution in [0.25, 0.3) is 0 Å². The summed E-state index contributed by atoms with van der Waals surface area (Å²) in [5.41, 5.74) is 1.27. The standard InChI is InChI=1S/C12H16N2O2/c1-4-14(8-9(2)3)11-7-10(12(15)16)5-6-13-11/h5-7H,2,4,8H2,1,3H3,(H,15,16). The molecular formula is C12H16N2O2. The van der Waals surface area contributed by atoms with E-state index in [1.807, 2.05) is 18.7 Å². The molecular weight excluding hydrogens is 204 g/mol. The molecule has 16 heavy (non-hydrogen) atoms. The van der Waals surface area contributed by atoms with Crippen molar-refractivity contribution >= 4 is 11.8 Å². The van der Waals surface area contributed by atoms with Crippen LogP contribution in [0.2, 0.25) is 0 Å². The lowest BCUT2D eigenvalue weighted by molar-refractivity contribution is 0.0697. The predicted octanol–water partition coefficient (Wildman–Crippen LogP) is 2.18. The van der Waals surface area contributed by atoms with E-state index < -0.39 is 5.97 Å². The van der Waals surface area contributed by atoms with Crippen LogP contribution in [0.1, 0.15) is 24.2 Å². The fourth-order valence-corrected chi connectivity index (χ4v) is 1.40. The molecule has 0 fully saturated rings. The number of pyridine rings is 1. The average molecular weight is 220 g/mol. The minimum absolute atomic E-state index is 0.255. The largest absolute Gasteiger partial charge is 0.478 e. The second kappa shape index (κ2) is 5.30. The van der Waals surface area contributed by atoms with E-state index in [4.69, 9.17) is 5.11 Å². The Bertz CT molecular complexity index is 402. The van der Waals surface area contributed by atoms with Crippen LogP contribution >= 0.6 is 0 Å². The van der Waals surface area contributed by atoms with Gasteiger partial charge in [-0.2, -0.15) is 0 Å². The van der Waals surface area contributed by atoms with Crippen LogP contribution in [-0.4, -0.2) is 29.1 Å². The first-order valence-electron chi connectivity index (χ1n) is 5.13. The first kappa shape index (κ1) is 12.2. The molecule has 1 aromatic rings. The number of carboxylic acid groups (broad SMARTS) is 1. The van der Waals surface area contributed by atoms with Gasteiger partial charge in [-0.1, -0.05) is 12.2 Å². The van der Waals surface area contributed by atoms with Crippen LogP contribution < -0.4 is 4.90 Å². The lowest BCUT2D eigenvalue weighted by Crippen LogP contribution is -2.25. The first-order chi connectivity index (χ1) is 7.54. The number of carboxylic acids is 1. The summed E-state index contributed by atoms with van der Waals surface area (Å²) in [4.78, 5) is 17.0. The van der Waals surface area contributed by atoms with Gasteiger partial charge in [0.1, 0.15) is 5.82 Å². The molecule has 0 bridgehead atoms. The van der Waals surface area contributed by atoms with Crippen molar-refractivity contribution in [1.29, 1.82) is 0 Å². The van der Waals surface area contributed by atoms with Gasteiger partial charge in [-0.25, -0.2) is 9.78 Å². The molecule has 0 radical (unpaired) electrons. The van der Waals surface area contributed by atoms with Crippen molar-refractivity contribution in [2.24, 2.45) is 0 Å². The Balaban J connectivity index is 2.96. The molecule has 1 rings (SSSR count). The van der Waals surface area contributed by atoms with Gasteiger partial charge < -0.3 is 10.0 Å². The lowest BCUT2D eigenvalue weighted by Gasteiger charge is -2.22. The molecule has 4 nitrogen and oxygen atoms in total. The Kier molecular flexibility index (Phi) is 4.05. The molecule has 1 heterocycles. The quantitative estimate of drug-likeness (QED) is 0.773. The van der Waals surface area contributed by atoms with Crippen molar-refractivity contribution in [2.75, 3.05) is 18.0 Å². The molecule has 0 saturated carbocycles. The van der Waals surface area contributed by atoms with E-state index in [0.717, 1.165) is 12.1 Å². The van der Waals surface area contributed by atoms with Crippen LogP contribution in [0.4, 0.5) is 5.82 Å². The highest BCUT2D eigenvalue weighted by molar-refractivity contribution is 5.88. The van der Waals surface area contributed by atoms with Gasteiger partial charge in [0.2, 0.25) is 0 Å². The highest BCUT2D eigenvalue weighted by atomic mass is 16.4. The zero-order valence-electron chi connectivity index (χ0n) is 9.60. The molecule has 0 aliphatic carbocycles. The number of aromatic carboxylic acids is 1. The van der Waals surface area contributed by atoms with E-state index in [9.17, 15) is 4.79 Å². The zero-order valence-corrected chi connectivity index (χ0v) is 9.60. The van der Waals surface area contributed by atoms with Crippen molar-refractivity contribution in [2.45, 2.75) is 13.8 Å². The molecule has 0 amide bonds. The number of aromatic nitrogens is 1. The number of likely N-dealkylation sites (N-methyl/N-ethyl adjacent to an activating group) is 1. The highest BCUT2D eigenvalue weighted by Gasteiger charge is 2.09. The van der Waals surface area contributed by atoms with Crippen LogP contribution in [0, 0.1) is 0 Å². The van der Waals surface area contributed by atoms with Crippen LogP contribution in [0.15, 0.2) is 30.5 Å². The zero-order chi connectivity index (χ0) is 12.1. The molecule has 86 valence electrons. The summed E-state index contributed by atoms with van der Waals surface area (Å²) >= 11 is 0. The number of hydrogen-bond acceptors (Lipinski definition) is 3. The third-order valence-electron chi connectivity index (χ3n) is 2.16. The monoisotopic (exact) mass is 220 g/mol. The van der Waals surface area contributed by atoms with Crippen LogP contribution in [-0.2, 0) is 0 Å². The fourth-order valence-electron chi connectivity index (χ4n) is 1.40. The summed E-state index contributed by atoms with van der Waals surface area (Å²) in [6, 6.07) is 3.06. The number of nitrogens with zero attached hydrogens (tertiary/aromatic N) is 2. The van der Waals surface area contributed by atoms with E-state index >= 15 is 0 Å². The SMILES string of the molecule is C=C(C)CN(CC)c1cc(C(=O)O)ccn1. The highest BCUT2D eigenvalue weighted by Crippen LogP contribution is 2.13. The van der Waals surface area contributed by atoms with Gasteiger partial charge in [-0.3, -0.25) is 0 Å². The Hall–Kier alpha value is -1.84. The van der Waals surface area contributed by atoms with Gasteiger partial charge in [0, 0.05) is 19.3 Å². The minimum atomic E-state index is -0.935. The average Bonchev–Trinajstić information content (AvgIpc) is 2.25. The number of hydrogen-bond donors (Lipinski definition) is 1. The van der Waals surface area contributed by atoms with Gasteiger partial charge in [0.05, 0.1) is 5.56 Å². The number of rotatable bonds is 5. The topological polar surface area (TPSA) is 53.4 Å². The van der Waals surface area contributed by atoms with Crippen molar-refractivity contribution in [3.8, 4) is 0 Å². The molecule has 1 aromatic heterocycles. The van der Waals surface area contributed by atoms with Crippen molar-refractivity contribution in [3.63, 3.8) is 0 Å². The smallest absolute Gasteiger partial charge is 0.335 e. The normalized spacial score (nSPS) is 9.88. The van der Waals surface area contributed by atoms with Crippen LogP contribution in [0.5, 0.6) is 0 Å². The fraction of sp³-hybridized carbons (Fsp3) is 0.333. The Morgan fingerprint density at radius 2 is 2.31 bits per heavy atom. The van der Waals surface area contributed by atoms with E-state index in [1.54, 1.807) is 6.07 Å². The van der Waals surface area contributed by atoms with E-state index in [0.29, 0.717) is 12.4 Å². The molecule has 0 aliphatic rings. The number of carbonyl (C=O) groups is 1. The van der Waals surface area contributed by atoms with Gasteiger partial charge in [0.25, 0.3) is 0 Å². The molecule has 0 saturated heterocycles. The Morgan fingerprint density at radius 3 is 2.81 bits per heavy atom.